The molecule has 10 aromatic rings. The van der Waals surface area contributed by atoms with E-state index in [0.717, 1.165) is 101 Å². The van der Waals surface area contributed by atoms with Crippen LogP contribution in [-0.2, 0) is 0 Å². The van der Waals surface area contributed by atoms with Crippen LogP contribution in [0.15, 0.2) is 183 Å². The lowest BCUT2D eigenvalue weighted by atomic mass is 9.85. The number of benzene rings is 6. The fourth-order valence-electron chi connectivity index (χ4n) is 8.25. The Morgan fingerprint density at radius 2 is 0.696 bits per heavy atom. The van der Waals surface area contributed by atoms with Gasteiger partial charge in [-0.1, -0.05) is 133 Å². The van der Waals surface area contributed by atoms with Crippen molar-refractivity contribution < 1.29 is 0 Å². The molecule has 0 aliphatic rings. The molecule has 10 rings (SSSR count). The van der Waals surface area contributed by atoms with E-state index in [0.29, 0.717) is 0 Å². The van der Waals surface area contributed by atoms with Gasteiger partial charge in [0.15, 0.2) is 0 Å². The van der Waals surface area contributed by atoms with Crippen molar-refractivity contribution in [2.24, 2.45) is 0 Å². The maximum absolute atomic E-state index is 5.06. The lowest BCUT2D eigenvalue weighted by molar-refractivity contribution is 0.981. The van der Waals surface area contributed by atoms with Crippen molar-refractivity contribution in [2.75, 3.05) is 0 Å². The highest BCUT2D eigenvalue weighted by molar-refractivity contribution is 6.04. The Balaban J connectivity index is 1.40. The first-order chi connectivity index (χ1) is 27.7. The van der Waals surface area contributed by atoms with Gasteiger partial charge in [0.2, 0.25) is 0 Å². The third kappa shape index (κ3) is 5.50. The summed E-state index contributed by atoms with van der Waals surface area (Å²) in [5.74, 6) is 1.74. The summed E-state index contributed by atoms with van der Waals surface area (Å²) in [6, 6.07) is 55.1. The summed E-state index contributed by atoms with van der Waals surface area (Å²) < 4.78 is 4.50. The first-order valence-electron chi connectivity index (χ1n) is 18.8. The molecule has 0 saturated heterocycles. The highest BCUT2D eigenvalue weighted by atomic mass is 15.1. The lowest BCUT2D eigenvalue weighted by Crippen LogP contribution is -2.08. The zero-order valence-electron chi connectivity index (χ0n) is 31.0. The van der Waals surface area contributed by atoms with Crippen LogP contribution in [0.2, 0.25) is 0 Å². The van der Waals surface area contributed by atoms with Crippen LogP contribution in [0.5, 0.6) is 0 Å². The summed E-state index contributed by atoms with van der Waals surface area (Å²) in [5, 5.41) is 0. The second-order valence-corrected chi connectivity index (χ2v) is 14.0. The molecule has 4 aromatic heterocycles. The van der Waals surface area contributed by atoms with Crippen molar-refractivity contribution in [1.82, 2.24) is 29.1 Å². The molecule has 6 nitrogen and oxygen atoms in total. The van der Waals surface area contributed by atoms with Gasteiger partial charge in [0.25, 0.3) is 0 Å². The third-order valence-corrected chi connectivity index (χ3v) is 10.6. The summed E-state index contributed by atoms with van der Waals surface area (Å²) >= 11 is 0. The van der Waals surface area contributed by atoms with Gasteiger partial charge in [0, 0.05) is 34.6 Å². The molecule has 0 fully saturated rings. The average Bonchev–Trinajstić information content (AvgIpc) is 3.78. The van der Waals surface area contributed by atoms with Crippen LogP contribution in [0.25, 0.3) is 89.1 Å². The number of hydrogen-bond acceptors (Lipinski definition) is 4. The third-order valence-electron chi connectivity index (χ3n) is 10.6. The Hall–Kier alpha value is -7.44. The molecule has 0 saturated carbocycles. The van der Waals surface area contributed by atoms with E-state index >= 15 is 0 Å². The predicted octanol–water partition coefficient (Wildman–Crippen LogP) is 12.1. The van der Waals surface area contributed by atoms with Gasteiger partial charge >= 0.3 is 0 Å². The number of aryl methyl sites for hydroxylation is 2. The van der Waals surface area contributed by atoms with Crippen LogP contribution in [0.3, 0.4) is 0 Å². The molecule has 0 aliphatic carbocycles. The van der Waals surface area contributed by atoms with Gasteiger partial charge in [-0.05, 0) is 71.5 Å². The van der Waals surface area contributed by atoms with E-state index in [1.807, 2.05) is 36.9 Å². The minimum Gasteiger partial charge on any atom is -0.294 e. The Morgan fingerprint density at radius 1 is 0.339 bits per heavy atom. The van der Waals surface area contributed by atoms with Crippen LogP contribution < -0.4 is 0 Å². The highest BCUT2D eigenvalue weighted by Crippen LogP contribution is 2.48. The number of fused-ring (bicyclic) bond motifs is 2. The minimum absolute atomic E-state index is 0.869. The van der Waals surface area contributed by atoms with Crippen LogP contribution >= 0.6 is 0 Å². The number of nitrogens with zero attached hydrogens (tertiary/aromatic N) is 6. The van der Waals surface area contributed by atoms with Gasteiger partial charge in [-0.3, -0.25) is 19.1 Å². The molecule has 56 heavy (non-hydrogen) atoms. The van der Waals surface area contributed by atoms with Gasteiger partial charge in [-0.2, -0.15) is 0 Å². The fourth-order valence-corrected chi connectivity index (χ4v) is 8.25. The number of imidazole rings is 2. The number of pyridine rings is 2. The zero-order valence-corrected chi connectivity index (χ0v) is 31.0. The van der Waals surface area contributed by atoms with Crippen molar-refractivity contribution in [3.8, 4) is 67.0 Å². The van der Waals surface area contributed by atoms with Crippen molar-refractivity contribution in [2.45, 2.75) is 13.8 Å². The number of rotatable bonds is 7. The smallest absolute Gasteiger partial charge is 0.111 e. The molecule has 266 valence electrons. The van der Waals surface area contributed by atoms with E-state index < -0.39 is 0 Å². The lowest BCUT2D eigenvalue weighted by Gasteiger charge is -2.24. The van der Waals surface area contributed by atoms with Gasteiger partial charge in [-0.15, -0.1) is 0 Å². The monoisotopic (exact) mass is 720 g/mol. The molecule has 0 bridgehead atoms. The van der Waals surface area contributed by atoms with E-state index in [2.05, 4.69) is 169 Å². The maximum Gasteiger partial charge on any atom is 0.111 e. The number of aromatic nitrogens is 6. The molecule has 6 heteroatoms. The maximum atomic E-state index is 5.06. The van der Waals surface area contributed by atoms with E-state index in [4.69, 9.17) is 19.9 Å². The van der Waals surface area contributed by atoms with Crippen LogP contribution in [-0.4, -0.2) is 29.1 Å². The second kappa shape index (κ2) is 13.8. The summed E-state index contributed by atoms with van der Waals surface area (Å²) in [4.78, 5) is 20.2. The fraction of sp³-hybridized carbons (Fsp3) is 0.0400. The number of para-hydroxylation sites is 4. The van der Waals surface area contributed by atoms with E-state index in [-0.39, 0.29) is 0 Å². The number of hydrogen-bond donors (Lipinski definition) is 0. The Morgan fingerprint density at radius 3 is 1.12 bits per heavy atom. The Kier molecular flexibility index (Phi) is 8.15. The van der Waals surface area contributed by atoms with E-state index in [9.17, 15) is 0 Å². The standard InChI is InChI=1S/C50H36N6/c1-33-53-43-25-13-15-27-45(43)55(33)47-31-51-29-41(39-23-11-9-21-37(39)35-17-5-3-6-18-35)49(47)50-42(40-24-12-10-22-38(40)36-19-7-4-8-20-36)30-52-32-48(50)56-34(2)54-44-26-14-16-28-46(44)56/h3-32H,1-2H3. The molecule has 0 unspecified atom stereocenters. The molecule has 4 heterocycles. The largest absolute Gasteiger partial charge is 0.294 e. The molecule has 0 radical (unpaired) electrons. The molecule has 0 aliphatic heterocycles. The quantitative estimate of drug-likeness (QED) is 0.164. The molecular formula is C50H36N6. The summed E-state index contributed by atoms with van der Waals surface area (Å²) in [7, 11) is 0. The van der Waals surface area contributed by atoms with Crippen molar-refractivity contribution in [3.05, 3.63) is 194 Å². The summed E-state index contributed by atoms with van der Waals surface area (Å²) in [6.45, 7) is 4.14. The Bertz CT molecular complexity index is 2840. The molecule has 0 atom stereocenters. The van der Waals surface area contributed by atoms with Gasteiger partial charge in [0.1, 0.15) is 11.6 Å². The zero-order chi connectivity index (χ0) is 37.6. The van der Waals surface area contributed by atoms with Crippen LogP contribution in [0.4, 0.5) is 0 Å². The minimum atomic E-state index is 0.869. The van der Waals surface area contributed by atoms with Crippen molar-refractivity contribution in [3.63, 3.8) is 0 Å². The average molecular weight is 721 g/mol. The normalized spacial score (nSPS) is 11.4. The van der Waals surface area contributed by atoms with E-state index in [1.54, 1.807) is 0 Å². The van der Waals surface area contributed by atoms with Gasteiger partial charge in [0.05, 0.1) is 45.8 Å². The SMILES string of the molecule is Cc1nc2ccccc2n1-c1cncc(-c2ccccc2-c2ccccc2)c1-c1c(-c2ccccc2-c2ccccc2)cncc1-n1c(C)nc2ccccc21. The van der Waals surface area contributed by atoms with Crippen LogP contribution in [0, 0.1) is 13.8 Å². The van der Waals surface area contributed by atoms with Crippen molar-refractivity contribution in [1.29, 1.82) is 0 Å². The van der Waals surface area contributed by atoms with Gasteiger partial charge < -0.3 is 0 Å². The summed E-state index contributed by atoms with van der Waals surface area (Å²) in [5.41, 5.74) is 16.4. The molecular weight excluding hydrogens is 685 g/mol. The molecule has 0 N–H and O–H groups in total. The van der Waals surface area contributed by atoms with E-state index in [1.165, 1.54) is 0 Å². The second-order valence-electron chi connectivity index (χ2n) is 14.0. The predicted molar refractivity (Wildman–Crippen MR) is 228 cm³/mol. The molecule has 0 amide bonds. The van der Waals surface area contributed by atoms with Crippen LogP contribution in [0.1, 0.15) is 11.6 Å². The highest BCUT2D eigenvalue weighted by Gasteiger charge is 2.27. The summed E-state index contributed by atoms with van der Waals surface area (Å²) in [6.07, 6.45) is 8.01. The Labute approximate surface area is 325 Å². The van der Waals surface area contributed by atoms with Crippen molar-refractivity contribution >= 4 is 22.1 Å². The molecule has 0 spiro atoms. The topological polar surface area (TPSA) is 61.4 Å². The molecule has 6 aromatic carbocycles. The first kappa shape index (κ1) is 33.2. The van der Waals surface area contributed by atoms with Gasteiger partial charge in [-0.25, -0.2) is 9.97 Å². The first-order valence-corrected chi connectivity index (χ1v) is 18.8.